The van der Waals surface area contributed by atoms with Crippen LogP contribution in [-0.2, 0) is 4.79 Å². The van der Waals surface area contributed by atoms with Crippen molar-refractivity contribution >= 4 is 23.2 Å². The van der Waals surface area contributed by atoms with E-state index in [1.54, 1.807) is 54.3 Å². The molecule has 0 aliphatic carbocycles. The highest BCUT2D eigenvalue weighted by atomic mass is 16.5. The van der Waals surface area contributed by atoms with Gasteiger partial charge in [0.15, 0.2) is 6.10 Å². The fourth-order valence-corrected chi connectivity index (χ4v) is 3.71. The second kappa shape index (κ2) is 9.65. The summed E-state index contributed by atoms with van der Waals surface area (Å²) >= 11 is 0. The topological polar surface area (TPSA) is 77.1 Å². The molecular weight excluding hydrogens is 420 g/mol. The molecule has 1 atom stereocenters. The van der Waals surface area contributed by atoms with Gasteiger partial charge in [-0.2, -0.15) is 0 Å². The van der Waals surface area contributed by atoms with Crippen LogP contribution in [0.1, 0.15) is 22.8 Å². The summed E-state index contributed by atoms with van der Waals surface area (Å²) in [4.78, 5) is 27.2. The van der Waals surface area contributed by atoms with E-state index in [-0.39, 0.29) is 11.8 Å². The van der Waals surface area contributed by atoms with Crippen LogP contribution in [0.4, 0.5) is 11.4 Å². The van der Waals surface area contributed by atoms with Gasteiger partial charge in [0.25, 0.3) is 11.8 Å². The summed E-state index contributed by atoms with van der Waals surface area (Å²) in [5.74, 6) is 1.34. The maximum atomic E-state index is 12.8. The lowest BCUT2D eigenvalue weighted by atomic mass is 10.1. The summed E-state index contributed by atoms with van der Waals surface area (Å²) < 4.78 is 16.9. The molecule has 2 amide bonds. The lowest BCUT2D eigenvalue weighted by molar-refractivity contribution is -0.125. The number of aryl methyl sites for hydroxylation is 1. The van der Waals surface area contributed by atoms with Crippen molar-refractivity contribution in [2.24, 2.45) is 0 Å². The summed E-state index contributed by atoms with van der Waals surface area (Å²) in [7, 11) is 1.52. The van der Waals surface area contributed by atoms with E-state index >= 15 is 0 Å². The van der Waals surface area contributed by atoms with Gasteiger partial charge in [0, 0.05) is 11.8 Å². The molecule has 1 heterocycles. The maximum Gasteiger partial charge on any atom is 0.267 e. The van der Waals surface area contributed by atoms with Crippen LogP contribution in [-0.4, -0.2) is 38.2 Å². The molecule has 0 aromatic heterocycles. The number of fused-ring (bicyclic) bond motifs is 1. The summed E-state index contributed by atoms with van der Waals surface area (Å²) in [6, 6.07) is 20.0. The molecule has 0 spiro atoms. The quantitative estimate of drug-likeness (QED) is 0.580. The van der Waals surface area contributed by atoms with E-state index in [0.717, 1.165) is 11.3 Å². The number of amides is 2. The van der Waals surface area contributed by atoms with Gasteiger partial charge in [0.2, 0.25) is 0 Å². The molecule has 7 nitrogen and oxygen atoms in total. The molecule has 0 saturated carbocycles. The average molecular weight is 447 g/mol. The SMILES string of the molecule is COc1ccccc1C(=O)Nc1ccc2c(c1)OC(C)C(=O)N2CCOc1cccc(C)c1. The molecule has 3 aromatic carbocycles. The smallest absolute Gasteiger partial charge is 0.267 e. The third-order valence-corrected chi connectivity index (χ3v) is 5.35. The van der Waals surface area contributed by atoms with E-state index in [1.807, 2.05) is 31.2 Å². The van der Waals surface area contributed by atoms with Crippen LogP contribution in [0.5, 0.6) is 17.2 Å². The fourth-order valence-electron chi connectivity index (χ4n) is 3.71. The number of benzene rings is 3. The maximum absolute atomic E-state index is 12.8. The van der Waals surface area contributed by atoms with Gasteiger partial charge in [0.1, 0.15) is 23.9 Å². The summed E-state index contributed by atoms with van der Waals surface area (Å²) in [6.45, 7) is 4.42. The molecule has 7 heteroatoms. The monoisotopic (exact) mass is 446 g/mol. The molecule has 0 radical (unpaired) electrons. The zero-order valence-corrected chi connectivity index (χ0v) is 18.8. The van der Waals surface area contributed by atoms with Crippen molar-refractivity contribution in [3.63, 3.8) is 0 Å². The van der Waals surface area contributed by atoms with Crippen LogP contribution in [0.3, 0.4) is 0 Å². The standard InChI is InChI=1S/C26H26N2O5/c1-17-7-6-8-20(15-17)32-14-13-28-22-12-11-19(16-24(22)33-18(2)26(28)30)27-25(29)21-9-4-5-10-23(21)31-3/h4-12,15-16,18H,13-14H2,1-3H3,(H,27,29). The largest absolute Gasteiger partial charge is 0.496 e. The fraction of sp³-hybridized carbons (Fsp3) is 0.231. The average Bonchev–Trinajstić information content (AvgIpc) is 2.81. The Labute approximate surface area is 192 Å². The minimum absolute atomic E-state index is 0.138. The van der Waals surface area contributed by atoms with Crippen molar-refractivity contribution < 1.29 is 23.8 Å². The molecule has 1 aliphatic heterocycles. The van der Waals surface area contributed by atoms with Crippen LogP contribution < -0.4 is 24.4 Å². The summed E-state index contributed by atoms with van der Waals surface area (Å²) in [5.41, 5.74) is 2.73. The number of ether oxygens (including phenoxy) is 3. The zero-order valence-electron chi connectivity index (χ0n) is 18.8. The minimum Gasteiger partial charge on any atom is -0.496 e. The number of carbonyl (C=O) groups excluding carboxylic acids is 2. The Hall–Kier alpha value is -4.00. The van der Waals surface area contributed by atoms with Gasteiger partial charge in [-0.15, -0.1) is 0 Å². The molecule has 0 bridgehead atoms. The van der Waals surface area contributed by atoms with Crippen molar-refractivity contribution in [3.8, 4) is 17.2 Å². The predicted molar refractivity (Wildman–Crippen MR) is 127 cm³/mol. The molecular formula is C26H26N2O5. The number of methoxy groups -OCH3 is 1. The van der Waals surface area contributed by atoms with Gasteiger partial charge >= 0.3 is 0 Å². The van der Waals surface area contributed by atoms with Gasteiger partial charge in [-0.3, -0.25) is 9.59 Å². The molecule has 4 rings (SSSR count). The van der Waals surface area contributed by atoms with E-state index in [1.165, 1.54) is 7.11 Å². The Morgan fingerprint density at radius 3 is 2.70 bits per heavy atom. The Balaban J connectivity index is 1.49. The number of nitrogens with zero attached hydrogens (tertiary/aromatic N) is 1. The zero-order chi connectivity index (χ0) is 23.4. The minimum atomic E-state index is -0.642. The highest BCUT2D eigenvalue weighted by Crippen LogP contribution is 2.36. The molecule has 0 saturated heterocycles. The van der Waals surface area contributed by atoms with Gasteiger partial charge in [-0.1, -0.05) is 24.3 Å². The first-order valence-electron chi connectivity index (χ1n) is 10.7. The number of anilines is 2. The number of hydrogen-bond donors (Lipinski definition) is 1. The van der Waals surface area contributed by atoms with Crippen molar-refractivity contribution in [2.45, 2.75) is 20.0 Å². The van der Waals surface area contributed by atoms with Crippen LogP contribution in [0.2, 0.25) is 0 Å². The van der Waals surface area contributed by atoms with Gasteiger partial charge in [-0.25, -0.2) is 0 Å². The molecule has 3 aromatic rings. The molecule has 1 aliphatic rings. The molecule has 33 heavy (non-hydrogen) atoms. The Bertz CT molecular complexity index is 1180. The van der Waals surface area contributed by atoms with E-state index in [2.05, 4.69) is 5.32 Å². The lowest BCUT2D eigenvalue weighted by Gasteiger charge is -2.33. The second-order valence-electron chi connectivity index (χ2n) is 7.75. The number of rotatable bonds is 7. The van der Waals surface area contributed by atoms with E-state index < -0.39 is 6.10 Å². The van der Waals surface area contributed by atoms with E-state index in [0.29, 0.717) is 41.6 Å². The van der Waals surface area contributed by atoms with Crippen LogP contribution >= 0.6 is 0 Å². The molecule has 170 valence electrons. The number of para-hydroxylation sites is 1. The Morgan fingerprint density at radius 1 is 1.09 bits per heavy atom. The van der Waals surface area contributed by atoms with Gasteiger partial charge in [0.05, 0.1) is 24.9 Å². The van der Waals surface area contributed by atoms with Crippen molar-refractivity contribution in [3.05, 3.63) is 77.9 Å². The lowest BCUT2D eigenvalue weighted by Crippen LogP contribution is -2.46. The van der Waals surface area contributed by atoms with Crippen molar-refractivity contribution in [1.82, 2.24) is 0 Å². The summed E-state index contributed by atoms with van der Waals surface area (Å²) in [5, 5.41) is 2.87. The molecule has 0 fully saturated rings. The number of nitrogens with one attached hydrogen (secondary N) is 1. The van der Waals surface area contributed by atoms with E-state index in [9.17, 15) is 9.59 Å². The van der Waals surface area contributed by atoms with Crippen molar-refractivity contribution in [1.29, 1.82) is 0 Å². The predicted octanol–water partition coefficient (Wildman–Crippen LogP) is 4.45. The summed E-state index contributed by atoms with van der Waals surface area (Å²) in [6.07, 6.45) is -0.642. The highest BCUT2D eigenvalue weighted by molar-refractivity contribution is 6.07. The van der Waals surface area contributed by atoms with E-state index in [4.69, 9.17) is 14.2 Å². The van der Waals surface area contributed by atoms with Crippen molar-refractivity contribution in [2.75, 3.05) is 30.5 Å². The van der Waals surface area contributed by atoms with Crippen LogP contribution in [0.15, 0.2) is 66.7 Å². The van der Waals surface area contributed by atoms with Gasteiger partial charge in [-0.05, 0) is 55.8 Å². The second-order valence-corrected chi connectivity index (χ2v) is 7.75. The van der Waals surface area contributed by atoms with Crippen LogP contribution in [0, 0.1) is 6.92 Å². The van der Waals surface area contributed by atoms with Crippen LogP contribution in [0.25, 0.3) is 0 Å². The first-order chi connectivity index (χ1) is 16.0. The van der Waals surface area contributed by atoms with Gasteiger partial charge < -0.3 is 24.4 Å². The first kappa shape index (κ1) is 22.2. The first-order valence-corrected chi connectivity index (χ1v) is 10.7. The highest BCUT2D eigenvalue weighted by Gasteiger charge is 2.31. The Morgan fingerprint density at radius 2 is 1.91 bits per heavy atom. The number of hydrogen-bond acceptors (Lipinski definition) is 5. The normalized spacial score (nSPS) is 14.8. The Kier molecular flexibility index (Phi) is 6.49. The number of carbonyl (C=O) groups is 2. The molecule has 1 N–H and O–H groups in total. The third kappa shape index (κ3) is 4.92. The third-order valence-electron chi connectivity index (χ3n) is 5.35. The molecule has 1 unspecified atom stereocenters.